The number of hydrogen-bond donors (Lipinski definition) is 0. The third-order valence-corrected chi connectivity index (χ3v) is 2.17. The second-order valence-electron chi connectivity index (χ2n) is 2.69. The smallest absolute Gasteiger partial charge is 0.0848 e. The molecule has 0 bridgehead atoms. The Balaban J connectivity index is 2.81. The first-order valence-corrected chi connectivity index (χ1v) is 4.72. The van der Waals surface area contributed by atoms with E-state index in [4.69, 9.17) is 11.6 Å². The minimum absolute atomic E-state index is 0.661. The van der Waals surface area contributed by atoms with Gasteiger partial charge in [0.1, 0.15) is 0 Å². The van der Waals surface area contributed by atoms with Crippen molar-refractivity contribution in [3.63, 3.8) is 0 Å². The van der Waals surface area contributed by atoms with Gasteiger partial charge >= 0.3 is 0 Å². The maximum absolute atomic E-state index is 5.84. The minimum atomic E-state index is 0.661. The molecule has 14 heavy (non-hydrogen) atoms. The number of isothiocyanates is 1. The van der Waals surface area contributed by atoms with Crippen LogP contribution in [0.1, 0.15) is 0 Å². The van der Waals surface area contributed by atoms with Gasteiger partial charge in [0, 0.05) is 16.6 Å². The molecular weight excluding hydrogens is 216 g/mol. The third-order valence-electron chi connectivity index (χ3n) is 1.85. The molecule has 4 heteroatoms. The molecule has 0 saturated heterocycles. The van der Waals surface area contributed by atoms with Crippen LogP contribution in [-0.2, 0) is 0 Å². The summed E-state index contributed by atoms with van der Waals surface area (Å²) in [4.78, 5) is 8.12. The molecule has 0 atom stereocenters. The van der Waals surface area contributed by atoms with Crippen LogP contribution in [0.5, 0.6) is 0 Å². The van der Waals surface area contributed by atoms with Crippen molar-refractivity contribution >= 4 is 45.6 Å². The fraction of sp³-hybridized carbons (Fsp3) is 0. The zero-order valence-electron chi connectivity index (χ0n) is 7.07. The number of fused-ring (bicyclic) bond motifs is 1. The molecule has 1 heterocycles. The molecule has 0 aliphatic rings. The summed E-state index contributed by atoms with van der Waals surface area (Å²) in [6.45, 7) is 0. The Kier molecular flexibility index (Phi) is 2.55. The van der Waals surface area contributed by atoms with E-state index in [0.717, 1.165) is 16.6 Å². The topological polar surface area (TPSA) is 25.2 Å². The highest BCUT2D eigenvalue weighted by Crippen LogP contribution is 2.25. The van der Waals surface area contributed by atoms with Gasteiger partial charge < -0.3 is 0 Å². The van der Waals surface area contributed by atoms with Crippen LogP contribution < -0.4 is 0 Å². The monoisotopic (exact) mass is 220 g/mol. The Labute approximate surface area is 91.3 Å². The second-order valence-corrected chi connectivity index (χ2v) is 3.31. The number of hydrogen-bond acceptors (Lipinski definition) is 3. The maximum Gasteiger partial charge on any atom is 0.0848 e. The number of nitrogens with zero attached hydrogens (tertiary/aromatic N) is 2. The SMILES string of the molecule is S=C=Nc1ccnc2cc(Cl)ccc12. The summed E-state index contributed by atoms with van der Waals surface area (Å²) < 4.78 is 0. The van der Waals surface area contributed by atoms with Gasteiger partial charge in [0.2, 0.25) is 0 Å². The lowest BCUT2D eigenvalue weighted by atomic mass is 10.2. The number of thiocarbonyl (C=S) groups is 1. The van der Waals surface area contributed by atoms with Gasteiger partial charge in [0.25, 0.3) is 0 Å². The highest BCUT2D eigenvalue weighted by Gasteiger charge is 2.00. The molecule has 0 aliphatic heterocycles. The van der Waals surface area contributed by atoms with Crippen LogP contribution in [0.15, 0.2) is 35.5 Å². The Morgan fingerprint density at radius 1 is 1.36 bits per heavy atom. The van der Waals surface area contributed by atoms with Crippen molar-refractivity contribution in [1.29, 1.82) is 0 Å². The highest BCUT2D eigenvalue weighted by molar-refractivity contribution is 7.78. The molecule has 0 fully saturated rings. The summed E-state index contributed by atoms with van der Waals surface area (Å²) in [5.74, 6) is 0. The van der Waals surface area contributed by atoms with Gasteiger partial charge in [0.05, 0.1) is 16.4 Å². The first kappa shape index (κ1) is 9.28. The van der Waals surface area contributed by atoms with Gasteiger partial charge in [-0.1, -0.05) is 11.6 Å². The molecule has 0 unspecified atom stereocenters. The molecule has 0 spiro atoms. The summed E-state index contributed by atoms with van der Waals surface area (Å²) in [5, 5.41) is 3.92. The first-order chi connectivity index (χ1) is 6.81. The molecule has 2 rings (SSSR count). The van der Waals surface area contributed by atoms with Crippen molar-refractivity contribution in [2.45, 2.75) is 0 Å². The Bertz CT molecular complexity index is 533. The van der Waals surface area contributed by atoms with E-state index < -0.39 is 0 Å². The van der Waals surface area contributed by atoms with E-state index in [2.05, 4.69) is 27.4 Å². The number of aliphatic imine (C=N–C) groups is 1. The van der Waals surface area contributed by atoms with Crippen molar-refractivity contribution in [3.8, 4) is 0 Å². The van der Waals surface area contributed by atoms with Crippen LogP contribution in [0.4, 0.5) is 5.69 Å². The summed E-state index contributed by atoms with van der Waals surface area (Å²) in [6, 6.07) is 7.25. The maximum atomic E-state index is 5.84. The van der Waals surface area contributed by atoms with E-state index in [1.807, 2.05) is 6.07 Å². The highest BCUT2D eigenvalue weighted by atomic mass is 35.5. The van der Waals surface area contributed by atoms with E-state index >= 15 is 0 Å². The molecule has 68 valence electrons. The Morgan fingerprint density at radius 3 is 3.00 bits per heavy atom. The summed E-state index contributed by atoms with van der Waals surface area (Å²) in [7, 11) is 0. The first-order valence-electron chi connectivity index (χ1n) is 3.93. The lowest BCUT2D eigenvalue weighted by Gasteiger charge is -1.99. The molecular formula is C10H5ClN2S. The lowest BCUT2D eigenvalue weighted by Crippen LogP contribution is -1.78. The molecule has 0 aliphatic carbocycles. The zero-order chi connectivity index (χ0) is 9.97. The minimum Gasteiger partial charge on any atom is -0.256 e. The normalized spacial score (nSPS) is 9.79. The van der Waals surface area contributed by atoms with Crippen molar-refractivity contribution in [2.24, 2.45) is 4.99 Å². The number of aromatic nitrogens is 1. The number of benzene rings is 1. The van der Waals surface area contributed by atoms with Crippen molar-refractivity contribution in [2.75, 3.05) is 0 Å². The fourth-order valence-corrected chi connectivity index (χ4v) is 1.52. The van der Waals surface area contributed by atoms with Crippen LogP contribution in [-0.4, -0.2) is 10.1 Å². The van der Waals surface area contributed by atoms with Crippen LogP contribution in [0.3, 0.4) is 0 Å². The number of rotatable bonds is 1. The summed E-state index contributed by atoms with van der Waals surface area (Å²) in [6.07, 6.45) is 1.67. The van der Waals surface area contributed by atoms with Crippen molar-refractivity contribution in [3.05, 3.63) is 35.5 Å². The zero-order valence-corrected chi connectivity index (χ0v) is 8.64. The predicted octanol–water partition coefficient (Wildman–Crippen LogP) is 3.62. The quantitative estimate of drug-likeness (QED) is 0.542. The van der Waals surface area contributed by atoms with Gasteiger partial charge in [-0.05, 0) is 36.5 Å². The Hall–Kier alpha value is -1.28. The van der Waals surface area contributed by atoms with E-state index in [9.17, 15) is 0 Å². The van der Waals surface area contributed by atoms with E-state index in [0.29, 0.717) is 5.02 Å². The third kappa shape index (κ3) is 1.66. The molecule has 0 N–H and O–H groups in total. The van der Waals surface area contributed by atoms with Crippen LogP contribution in [0.25, 0.3) is 10.9 Å². The molecule has 0 amide bonds. The molecule has 1 aromatic carbocycles. The standard InChI is InChI=1S/C10H5ClN2S/c11-7-1-2-8-9(13-6-14)3-4-12-10(8)5-7/h1-5H. The fourth-order valence-electron chi connectivity index (χ4n) is 1.25. The van der Waals surface area contributed by atoms with Gasteiger partial charge in [-0.3, -0.25) is 4.98 Å². The number of halogens is 1. The molecule has 0 radical (unpaired) electrons. The van der Waals surface area contributed by atoms with Crippen LogP contribution in [0.2, 0.25) is 5.02 Å². The van der Waals surface area contributed by atoms with Gasteiger partial charge in [-0.2, -0.15) is 4.99 Å². The molecule has 0 saturated carbocycles. The van der Waals surface area contributed by atoms with Gasteiger partial charge in [-0.15, -0.1) is 0 Å². The second kappa shape index (κ2) is 3.84. The average Bonchev–Trinajstić information content (AvgIpc) is 2.18. The molecule has 2 aromatic rings. The average molecular weight is 221 g/mol. The Morgan fingerprint density at radius 2 is 2.21 bits per heavy atom. The number of pyridine rings is 1. The largest absolute Gasteiger partial charge is 0.256 e. The van der Waals surface area contributed by atoms with Crippen LogP contribution >= 0.6 is 23.8 Å². The van der Waals surface area contributed by atoms with Gasteiger partial charge in [-0.25, -0.2) is 0 Å². The predicted molar refractivity (Wildman–Crippen MR) is 61.4 cm³/mol. The van der Waals surface area contributed by atoms with E-state index in [1.165, 1.54) is 0 Å². The van der Waals surface area contributed by atoms with Crippen LogP contribution in [0, 0.1) is 0 Å². The van der Waals surface area contributed by atoms with Crippen molar-refractivity contribution < 1.29 is 0 Å². The van der Waals surface area contributed by atoms with E-state index in [1.54, 1.807) is 24.4 Å². The van der Waals surface area contributed by atoms with Crippen molar-refractivity contribution in [1.82, 2.24) is 4.98 Å². The summed E-state index contributed by atoms with van der Waals surface area (Å²) in [5.41, 5.74) is 1.57. The lowest BCUT2D eigenvalue weighted by molar-refractivity contribution is 1.40. The summed E-state index contributed by atoms with van der Waals surface area (Å²) >= 11 is 10.4. The molecule has 1 aromatic heterocycles. The van der Waals surface area contributed by atoms with E-state index in [-0.39, 0.29) is 0 Å². The molecule has 2 nitrogen and oxygen atoms in total. The van der Waals surface area contributed by atoms with Gasteiger partial charge in [0.15, 0.2) is 0 Å².